The largest absolute Gasteiger partial charge is 0.310 e. The van der Waals surface area contributed by atoms with E-state index in [4.69, 9.17) is 0 Å². The van der Waals surface area contributed by atoms with Crippen LogP contribution in [0.5, 0.6) is 0 Å². The minimum atomic E-state index is 1.07. The molecule has 0 bridgehead atoms. The Kier molecular flexibility index (Phi) is 10.3. The molecule has 1 heteroatoms. The van der Waals surface area contributed by atoms with Crippen LogP contribution in [-0.2, 0) is 0 Å². The molecule has 12 aromatic rings. The van der Waals surface area contributed by atoms with Crippen LogP contribution in [0.2, 0.25) is 0 Å². The summed E-state index contributed by atoms with van der Waals surface area (Å²) in [6.45, 7) is 0. The number of benzene rings is 12. The van der Waals surface area contributed by atoms with Crippen LogP contribution in [0.3, 0.4) is 0 Å². The molecule has 0 fully saturated rings. The summed E-state index contributed by atoms with van der Waals surface area (Å²) in [6, 6.07) is 99.5. The van der Waals surface area contributed by atoms with Crippen molar-refractivity contribution in [1.29, 1.82) is 0 Å². The number of fused-ring (bicyclic) bond motifs is 4. The first kappa shape index (κ1) is 39.8. The van der Waals surface area contributed by atoms with Crippen molar-refractivity contribution < 1.29 is 0 Å². The molecule has 314 valence electrons. The Hall–Kier alpha value is -8.78. The van der Waals surface area contributed by atoms with E-state index in [2.05, 4.69) is 278 Å². The zero-order valence-corrected chi connectivity index (χ0v) is 36.9. The maximum Gasteiger partial charge on any atom is 0.0546 e. The molecule has 0 saturated heterocycles. The van der Waals surface area contributed by atoms with Gasteiger partial charge in [0.1, 0.15) is 0 Å². The molecule has 0 atom stereocenters. The summed E-state index contributed by atoms with van der Waals surface area (Å²) in [5.41, 5.74) is 17.5. The van der Waals surface area contributed by atoms with Crippen LogP contribution in [-0.4, -0.2) is 0 Å². The molecule has 0 unspecified atom stereocenters. The van der Waals surface area contributed by atoms with Crippen molar-refractivity contribution in [3.05, 3.63) is 273 Å². The normalized spacial score (nSPS) is 11.3. The molecular formula is C66H45N. The van der Waals surface area contributed by atoms with Gasteiger partial charge in [-0.2, -0.15) is 0 Å². The Morgan fingerprint density at radius 3 is 1.31 bits per heavy atom. The fourth-order valence-electron chi connectivity index (χ4n) is 10.1. The summed E-state index contributed by atoms with van der Waals surface area (Å²) in [4.78, 5) is 2.44. The molecule has 0 amide bonds. The summed E-state index contributed by atoms with van der Waals surface area (Å²) in [6.07, 6.45) is 0. The van der Waals surface area contributed by atoms with E-state index in [1.807, 2.05) is 0 Å². The maximum atomic E-state index is 2.44. The molecule has 0 aromatic heterocycles. The number of rotatable bonds is 9. The SMILES string of the molecule is c1ccc(-c2ccccc2-c2c(-c3ccccc3)cccc2N(c2ccc(-c3ccc(-c4cccc5ccccc45)cc3)cc2)c2ccc(-c3cc4ccccc4c4ccccc34)cc2)cc1. The molecule has 0 aliphatic rings. The van der Waals surface area contributed by atoms with Crippen LogP contribution in [0, 0.1) is 0 Å². The van der Waals surface area contributed by atoms with Gasteiger partial charge in [-0.05, 0) is 130 Å². The Labute approximate surface area is 392 Å². The van der Waals surface area contributed by atoms with Crippen LogP contribution in [0.1, 0.15) is 0 Å². The number of hydrogen-bond donors (Lipinski definition) is 0. The second kappa shape index (κ2) is 17.3. The van der Waals surface area contributed by atoms with E-state index in [0.29, 0.717) is 0 Å². The third-order valence-electron chi connectivity index (χ3n) is 13.3. The second-order valence-electron chi connectivity index (χ2n) is 17.2. The Bertz CT molecular complexity index is 3700. The van der Waals surface area contributed by atoms with E-state index in [0.717, 1.165) is 17.1 Å². The molecule has 0 saturated carbocycles. The van der Waals surface area contributed by atoms with Gasteiger partial charge in [0.15, 0.2) is 0 Å². The third kappa shape index (κ3) is 7.43. The first-order valence-electron chi connectivity index (χ1n) is 23.1. The average Bonchev–Trinajstić information content (AvgIpc) is 3.41. The summed E-state index contributed by atoms with van der Waals surface area (Å²) in [5.74, 6) is 0. The zero-order valence-electron chi connectivity index (χ0n) is 36.9. The standard InChI is InChI=1S/C66H45N/c1-3-17-48(18-4-1)58-25-11-14-29-63(58)66-60(50-19-5-2-6-20-50)31-16-32-65(66)67(55-43-39-52(40-44-55)64-45-53-22-8-10-26-59(53)61-27-12-13-28-62(61)64)54-41-37-47(38-42-54)46-33-35-51(36-34-46)57-30-15-23-49-21-7-9-24-56(49)57/h1-45H. The van der Waals surface area contributed by atoms with Gasteiger partial charge in [-0.1, -0.05) is 237 Å². The van der Waals surface area contributed by atoms with E-state index in [9.17, 15) is 0 Å². The molecule has 12 rings (SSSR count). The van der Waals surface area contributed by atoms with Crippen molar-refractivity contribution in [3.63, 3.8) is 0 Å². The van der Waals surface area contributed by atoms with E-state index in [-0.39, 0.29) is 0 Å². The van der Waals surface area contributed by atoms with E-state index in [1.54, 1.807) is 0 Å². The molecule has 1 nitrogen and oxygen atoms in total. The summed E-state index contributed by atoms with van der Waals surface area (Å²) in [7, 11) is 0. The van der Waals surface area contributed by atoms with Gasteiger partial charge in [0.05, 0.1) is 5.69 Å². The lowest BCUT2D eigenvalue weighted by molar-refractivity contribution is 1.28. The van der Waals surface area contributed by atoms with Crippen molar-refractivity contribution in [1.82, 2.24) is 0 Å². The van der Waals surface area contributed by atoms with E-state index >= 15 is 0 Å². The first-order valence-corrected chi connectivity index (χ1v) is 23.1. The van der Waals surface area contributed by atoms with Gasteiger partial charge in [-0.15, -0.1) is 0 Å². The fraction of sp³-hybridized carbons (Fsp3) is 0. The molecule has 0 heterocycles. The smallest absolute Gasteiger partial charge is 0.0546 e. The quantitative estimate of drug-likeness (QED) is 0.131. The average molecular weight is 852 g/mol. The van der Waals surface area contributed by atoms with Gasteiger partial charge in [0.2, 0.25) is 0 Å². The van der Waals surface area contributed by atoms with Crippen LogP contribution in [0.15, 0.2) is 273 Å². The minimum Gasteiger partial charge on any atom is -0.310 e. The predicted molar refractivity (Wildman–Crippen MR) is 286 cm³/mol. The fourth-order valence-corrected chi connectivity index (χ4v) is 10.1. The van der Waals surface area contributed by atoms with Gasteiger partial charge < -0.3 is 4.90 Å². The molecule has 0 aliphatic heterocycles. The third-order valence-corrected chi connectivity index (χ3v) is 13.3. The summed E-state index contributed by atoms with van der Waals surface area (Å²) < 4.78 is 0. The Morgan fingerprint density at radius 1 is 0.209 bits per heavy atom. The second-order valence-corrected chi connectivity index (χ2v) is 17.2. The summed E-state index contributed by atoms with van der Waals surface area (Å²) in [5, 5.41) is 7.55. The molecule has 12 aromatic carbocycles. The van der Waals surface area contributed by atoms with Gasteiger partial charge in [-0.25, -0.2) is 0 Å². The molecule has 0 N–H and O–H groups in total. The van der Waals surface area contributed by atoms with Crippen molar-refractivity contribution in [2.24, 2.45) is 0 Å². The lowest BCUT2D eigenvalue weighted by atomic mass is 9.87. The molecule has 0 spiro atoms. The number of nitrogens with zero attached hydrogens (tertiary/aromatic N) is 1. The highest BCUT2D eigenvalue weighted by Crippen LogP contribution is 2.48. The Balaban J connectivity index is 1.02. The van der Waals surface area contributed by atoms with Gasteiger partial charge >= 0.3 is 0 Å². The summed E-state index contributed by atoms with van der Waals surface area (Å²) >= 11 is 0. The van der Waals surface area contributed by atoms with Gasteiger partial charge in [0, 0.05) is 16.9 Å². The monoisotopic (exact) mass is 851 g/mol. The van der Waals surface area contributed by atoms with Crippen LogP contribution >= 0.6 is 0 Å². The van der Waals surface area contributed by atoms with Crippen LogP contribution in [0.4, 0.5) is 17.1 Å². The zero-order chi connectivity index (χ0) is 44.5. The molecule has 0 aliphatic carbocycles. The number of hydrogen-bond acceptors (Lipinski definition) is 1. The first-order chi connectivity index (χ1) is 33.2. The van der Waals surface area contributed by atoms with E-state index in [1.165, 1.54) is 99.1 Å². The lowest BCUT2D eigenvalue weighted by Gasteiger charge is -2.30. The number of anilines is 3. The van der Waals surface area contributed by atoms with Gasteiger partial charge in [0.25, 0.3) is 0 Å². The van der Waals surface area contributed by atoms with Crippen molar-refractivity contribution in [2.45, 2.75) is 0 Å². The Morgan fingerprint density at radius 2 is 0.627 bits per heavy atom. The minimum absolute atomic E-state index is 1.07. The molecule has 67 heavy (non-hydrogen) atoms. The van der Waals surface area contributed by atoms with Crippen molar-refractivity contribution in [3.8, 4) is 66.8 Å². The predicted octanol–water partition coefficient (Wildman–Crippen LogP) is 18.6. The molecular weight excluding hydrogens is 807 g/mol. The van der Waals surface area contributed by atoms with Crippen LogP contribution < -0.4 is 4.90 Å². The van der Waals surface area contributed by atoms with Crippen molar-refractivity contribution in [2.75, 3.05) is 4.90 Å². The van der Waals surface area contributed by atoms with E-state index < -0.39 is 0 Å². The van der Waals surface area contributed by atoms with Gasteiger partial charge in [-0.3, -0.25) is 0 Å². The highest BCUT2D eigenvalue weighted by molar-refractivity contribution is 6.14. The lowest BCUT2D eigenvalue weighted by Crippen LogP contribution is -2.12. The topological polar surface area (TPSA) is 3.24 Å². The highest BCUT2D eigenvalue weighted by Gasteiger charge is 2.23. The van der Waals surface area contributed by atoms with Crippen molar-refractivity contribution >= 4 is 49.4 Å². The maximum absolute atomic E-state index is 2.44. The highest BCUT2D eigenvalue weighted by atomic mass is 15.1. The van der Waals surface area contributed by atoms with Crippen LogP contribution in [0.25, 0.3) is 99.1 Å². The molecule has 0 radical (unpaired) electrons.